The van der Waals surface area contributed by atoms with Crippen LogP contribution in [0.4, 0.5) is 0 Å². The Morgan fingerprint density at radius 1 is 1.16 bits per heavy atom. The smallest absolute Gasteiger partial charge is 0.312 e. The normalized spacial score (nSPS) is 29.5. The number of hydrogen-bond donors (Lipinski definition) is 0. The quantitative estimate of drug-likeness (QED) is 0.579. The Hall–Kier alpha value is -2.34. The molecule has 25 heavy (non-hydrogen) atoms. The molecule has 134 valence electrons. The Morgan fingerprint density at radius 2 is 1.92 bits per heavy atom. The molecule has 0 radical (unpaired) electrons. The van der Waals surface area contributed by atoms with Crippen LogP contribution in [-0.2, 0) is 30.2 Å². The maximum atomic E-state index is 12.4. The Balaban J connectivity index is 1.84. The van der Waals surface area contributed by atoms with Gasteiger partial charge in [0.25, 0.3) is 0 Å². The van der Waals surface area contributed by atoms with Gasteiger partial charge in [0.2, 0.25) is 0 Å². The highest BCUT2D eigenvalue weighted by molar-refractivity contribution is 5.85. The summed E-state index contributed by atoms with van der Waals surface area (Å²) in [6, 6.07) is 7.75. The van der Waals surface area contributed by atoms with E-state index in [1.54, 1.807) is 7.11 Å². The molecule has 1 saturated heterocycles. The van der Waals surface area contributed by atoms with Crippen molar-refractivity contribution in [3.8, 4) is 5.75 Å². The van der Waals surface area contributed by atoms with Gasteiger partial charge in [-0.25, -0.2) is 0 Å². The zero-order valence-electron chi connectivity index (χ0n) is 14.6. The molecule has 3 rings (SSSR count). The average molecular weight is 346 g/mol. The van der Waals surface area contributed by atoms with Gasteiger partial charge in [0, 0.05) is 0 Å². The predicted molar refractivity (Wildman–Crippen MR) is 89.1 cm³/mol. The number of fused-ring (bicyclic) bond motifs is 2. The molecule has 1 fully saturated rings. The van der Waals surface area contributed by atoms with Gasteiger partial charge in [-0.3, -0.25) is 9.59 Å². The minimum atomic E-state index is -0.848. The van der Waals surface area contributed by atoms with E-state index in [1.165, 1.54) is 14.2 Å². The molecule has 0 spiro atoms. The second kappa shape index (κ2) is 6.88. The van der Waals surface area contributed by atoms with Gasteiger partial charge >= 0.3 is 11.9 Å². The summed E-state index contributed by atoms with van der Waals surface area (Å²) >= 11 is 0. The average Bonchev–Trinajstić information content (AvgIpc) is 3.22. The minimum Gasteiger partial charge on any atom is -0.497 e. The zero-order valence-corrected chi connectivity index (χ0v) is 14.6. The van der Waals surface area contributed by atoms with Crippen molar-refractivity contribution in [2.45, 2.75) is 24.5 Å². The van der Waals surface area contributed by atoms with E-state index in [-0.39, 0.29) is 0 Å². The van der Waals surface area contributed by atoms with E-state index >= 15 is 0 Å². The highest BCUT2D eigenvalue weighted by Gasteiger charge is 2.62. The molecule has 6 heteroatoms. The third kappa shape index (κ3) is 3.02. The molecule has 0 unspecified atom stereocenters. The molecular weight excluding hydrogens is 324 g/mol. The first-order chi connectivity index (χ1) is 12.0. The van der Waals surface area contributed by atoms with Crippen molar-refractivity contribution < 1.29 is 28.5 Å². The SMILES string of the molecule is COC(=O)[C@H]1[C@@H](C(=O)OC)[C@]2(CCc3cccc(OC)c3)C=C[C@H]1O2. The van der Waals surface area contributed by atoms with Crippen molar-refractivity contribution >= 4 is 11.9 Å². The van der Waals surface area contributed by atoms with E-state index in [0.29, 0.717) is 12.8 Å². The Labute approximate surface area is 146 Å². The summed E-state index contributed by atoms with van der Waals surface area (Å²) in [6.45, 7) is 0. The Bertz CT molecular complexity index is 697. The van der Waals surface area contributed by atoms with E-state index < -0.39 is 35.5 Å². The topological polar surface area (TPSA) is 71.1 Å². The number of rotatable bonds is 6. The number of carbonyl (C=O) groups is 2. The number of aryl methyl sites for hydroxylation is 1. The number of benzene rings is 1. The Kier molecular flexibility index (Phi) is 4.81. The monoisotopic (exact) mass is 346 g/mol. The molecule has 2 heterocycles. The van der Waals surface area contributed by atoms with Gasteiger partial charge in [0.1, 0.15) is 23.2 Å². The van der Waals surface area contributed by atoms with Gasteiger partial charge in [-0.15, -0.1) is 0 Å². The molecule has 0 aromatic heterocycles. The molecule has 1 aromatic rings. The predicted octanol–water partition coefficient (Wildman–Crippen LogP) is 1.91. The summed E-state index contributed by atoms with van der Waals surface area (Å²) in [5.74, 6) is -1.50. The maximum Gasteiger partial charge on any atom is 0.312 e. The van der Waals surface area contributed by atoms with Crippen LogP contribution in [0.2, 0.25) is 0 Å². The first-order valence-electron chi connectivity index (χ1n) is 8.20. The van der Waals surface area contributed by atoms with E-state index in [9.17, 15) is 9.59 Å². The number of ether oxygens (including phenoxy) is 4. The fraction of sp³-hybridized carbons (Fsp3) is 0.474. The van der Waals surface area contributed by atoms with Crippen LogP contribution in [0.15, 0.2) is 36.4 Å². The summed E-state index contributed by atoms with van der Waals surface area (Å²) in [4.78, 5) is 24.6. The summed E-state index contributed by atoms with van der Waals surface area (Å²) in [7, 11) is 4.26. The van der Waals surface area contributed by atoms with Crippen molar-refractivity contribution in [1.29, 1.82) is 0 Å². The van der Waals surface area contributed by atoms with Crippen molar-refractivity contribution in [2.75, 3.05) is 21.3 Å². The lowest BCUT2D eigenvalue weighted by Gasteiger charge is -2.30. The maximum absolute atomic E-state index is 12.4. The third-order valence-corrected chi connectivity index (χ3v) is 5.03. The van der Waals surface area contributed by atoms with Crippen LogP contribution < -0.4 is 4.74 Å². The molecule has 0 amide bonds. The van der Waals surface area contributed by atoms with Gasteiger partial charge in [-0.05, 0) is 30.5 Å². The third-order valence-electron chi connectivity index (χ3n) is 5.03. The lowest BCUT2D eigenvalue weighted by Crippen LogP contribution is -2.44. The first kappa shape index (κ1) is 17.5. The fourth-order valence-electron chi connectivity index (χ4n) is 3.80. The zero-order chi connectivity index (χ0) is 18.0. The molecule has 0 saturated carbocycles. The summed E-state index contributed by atoms with van der Waals surface area (Å²) in [6.07, 6.45) is 4.50. The highest BCUT2D eigenvalue weighted by Crippen LogP contribution is 2.50. The van der Waals surface area contributed by atoms with Crippen molar-refractivity contribution in [3.63, 3.8) is 0 Å². The largest absolute Gasteiger partial charge is 0.497 e. The fourth-order valence-corrected chi connectivity index (χ4v) is 3.80. The van der Waals surface area contributed by atoms with Crippen molar-refractivity contribution in [3.05, 3.63) is 42.0 Å². The van der Waals surface area contributed by atoms with Crippen LogP contribution in [0.1, 0.15) is 12.0 Å². The molecule has 4 atom stereocenters. The summed E-state index contributed by atoms with van der Waals surface area (Å²) in [5.41, 5.74) is 0.221. The van der Waals surface area contributed by atoms with Crippen LogP contribution in [0, 0.1) is 11.8 Å². The van der Waals surface area contributed by atoms with Crippen LogP contribution >= 0.6 is 0 Å². The molecule has 2 bridgehead atoms. The van der Waals surface area contributed by atoms with E-state index in [0.717, 1.165) is 11.3 Å². The molecule has 0 N–H and O–H groups in total. The van der Waals surface area contributed by atoms with Crippen molar-refractivity contribution in [1.82, 2.24) is 0 Å². The van der Waals surface area contributed by atoms with Gasteiger partial charge in [-0.2, -0.15) is 0 Å². The standard InChI is InChI=1S/C19H22O6/c1-22-13-6-4-5-12(11-13)7-9-19-10-8-14(25-19)15(17(20)23-2)16(19)18(21)24-3/h4-6,8,10-11,14-16H,7,9H2,1-3H3/t14-,15-,16+,19+/m1/s1. The van der Waals surface area contributed by atoms with E-state index in [1.807, 2.05) is 36.4 Å². The van der Waals surface area contributed by atoms with Gasteiger partial charge in [0.15, 0.2) is 0 Å². The lowest BCUT2D eigenvalue weighted by molar-refractivity contribution is -0.158. The van der Waals surface area contributed by atoms with Crippen LogP contribution in [0.3, 0.4) is 0 Å². The molecule has 6 nitrogen and oxygen atoms in total. The van der Waals surface area contributed by atoms with E-state index in [2.05, 4.69) is 0 Å². The first-order valence-corrected chi connectivity index (χ1v) is 8.20. The van der Waals surface area contributed by atoms with Gasteiger partial charge < -0.3 is 18.9 Å². The van der Waals surface area contributed by atoms with Crippen LogP contribution in [-0.4, -0.2) is 45.0 Å². The van der Waals surface area contributed by atoms with Gasteiger partial charge in [0.05, 0.1) is 27.4 Å². The van der Waals surface area contributed by atoms with E-state index in [4.69, 9.17) is 18.9 Å². The molecule has 2 aliphatic rings. The second-order valence-corrected chi connectivity index (χ2v) is 6.30. The second-order valence-electron chi connectivity index (χ2n) is 6.30. The number of methoxy groups -OCH3 is 3. The molecule has 1 aromatic carbocycles. The number of hydrogen-bond acceptors (Lipinski definition) is 6. The minimum absolute atomic E-state index is 0.451. The number of carbonyl (C=O) groups excluding carboxylic acids is 2. The van der Waals surface area contributed by atoms with Crippen LogP contribution in [0.5, 0.6) is 5.75 Å². The molecular formula is C19H22O6. The molecule has 0 aliphatic carbocycles. The summed E-state index contributed by atoms with van der Waals surface area (Å²) < 4.78 is 21.1. The van der Waals surface area contributed by atoms with Gasteiger partial charge in [-0.1, -0.05) is 24.3 Å². The highest BCUT2D eigenvalue weighted by atomic mass is 16.6. The Morgan fingerprint density at radius 3 is 2.60 bits per heavy atom. The number of esters is 2. The lowest BCUT2D eigenvalue weighted by atomic mass is 9.73. The van der Waals surface area contributed by atoms with Crippen LogP contribution in [0.25, 0.3) is 0 Å². The van der Waals surface area contributed by atoms with Crippen molar-refractivity contribution in [2.24, 2.45) is 11.8 Å². The molecule has 2 aliphatic heterocycles. The summed E-state index contributed by atoms with van der Waals surface area (Å²) in [5, 5.41) is 0.